The number of methoxy groups -OCH3 is 1. The van der Waals surface area contributed by atoms with Crippen molar-refractivity contribution in [3.05, 3.63) is 60.2 Å². The normalized spacial score (nSPS) is 11.9. The molecule has 5 nitrogen and oxygen atoms in total. The van der Waals surface area contributed by atoms with E-state index in [1.807, 2.05) is 50.4 Å². The molecule has 144 valence electrons. The van der Waals surface area contributed by atoms with E-state index in [4.69, 9.17) is 9.47 Å². The molecule has 5 heteroatoms. The Morgan fingerprint density at radius 2 is 1.93 bits per heavy atom. The number of para-hydroxylation sites is 1. The maximum Gasteiger partial charge on any atom is 0.244 e. The van der Waals surface area contributed by atoms with Crippen LogP contribution < -0.4 is 19.7 Å². The molecule has 1 unspecified atom stereocenters. The van der Waals surface area contributed by atoms with E-state index in [2.05, 4.69) is 29.3 Å². The summed E-state index contributed by atoms with van der Waals surface area (Å²) in [5, 5.41) is 2.94. The smallest absolute Gasteiger partial charge is 0.244 e. The molecule has 0 saturated heterocycles. The lowest BCUT2D eigenvalue weighted by Crippen LogP contribution is -2.39. The number of anilines is 1. The second kappa shape index (κ2) is 10.3. The summed E-state index contributed by atoms with van der Waals surface area (Å²) in [7, 11) is 3.63. The summed E-state index contributed by atoms with van der Waals surface area (Å²) in [6.07, 6.45) is 3.30. The Morgan fingerprint density at radius 3 is 2.59 bits per heavy atom. The lowest BCUT2D eigenvalue weighted by molar-refractivity contribution is -0.116. The lowest BCUT2D eigenvalue weighted by Gasteiger charge is -2.27. The first-order valence-electron chi connectivity index (χ1n) is 9.09. The highest BCUT2D eigenvalue weighted by Gasteiger charge is 2.10. The van der Waals surface area contributed by atoms with E-state index in [-0.39, 0.29) is 11.9 Å². The fourth-order valence-electron chi connectivity index (χ4n) is 2.60. The van der Waals surface area contributed by atoms with E-state index >= 15 is 0 Å². The van der Waals surface area contributed by atoms with Crippen molar-refractivity contribution in [1.29, 1.82) is 0 Å². The van der Waals surface area contributed by atoms with Gasteiger partial charge in [0.05, 0.1) is 13.7 Å². The number of nitrogens with one attached hydrogen (secondary N) is 1. The first-order chi connectivity index (χ1) is 13.0. The van der Waals surface area contributed by atoms with Crippen molar-refractivity contribution in [3.63, 3.8) is 0 Å². The van der Waals surface area contributed by atoms with E-state index < -0.39 is 0 Å². The molecule has 0 aromatic heterocycles. The molecule has 27 heavy (non-hydrogen) atoms. The molecule has 0 bridgehead atoms. The second-order valence-corrected chi connectivity index (χ2v) is 6.22. The maximum absolute atomic E-state index is 12.1. The van der Waals surface area contributed by atoms with E-state index in [1.54, 1.807) is 13.2 Å². The molecular weight excluding hydrogens is 340 g/mol. The van der Waals surface area contributed by atoms with E-state index in [0.717, 1.165) is 11.3 Å². The van der Waals surface area contributed by atoms with Crippen molar-refractivity contribution in [2.24, 2.45) is 0 Å². The van der Waals surface area contributed by atoms with Crippen molar-refractivity contribution in [3.8, 4) is 11.5 Å². The maximum atomic E-state index is 12.1. The van der Waals surface area contributed by atoms with Gasteiger partial charge in [-0.15, -0.1) is 0 Å². The largest absolute Gasteiger partial charge is 0.493 e. The minimum Gasteiger partial charge on any atom is -0.493 e. The molecule has 0 aliphatic rings. The predicted molar refractivity (Wildman–Crippen MR) is 111 cm³/mol. The van der Waals surface area contributed by atoms with Gasteiger partial charge in [0, 0.05) is 31.4 Å². The number of nitrogens with zero attached hydrogens (tertiary/aromatic N) is 1. The fourth-order valence-corrected chi connectivity index (χ4v) is 2.60. The molecule has 0 aliphatic carbocycles. The zero-order valence-electron chi connectivity index (χ0n) is 16.4. The van der Waals surface area contributed by atoms with Crippen LogP contribution in [0.2, 0.25) is 0 Å². The fraction of sp³-hybridized carbons (Fsp3) is 0.318. The SMILES string of the molecule is CCOc1cc(C=CC(=O)NCC(C)N(C)c2ccccc2)ccc1OC. The Labute approximate surface area is 161 Å². The van der Waals surface area contributed by atoms with Crippen LogP contribution in [0.5, 0.6) is 11.5 Å². The van der Waals surface area contributed by atoms with Gasteiger partial charge in [-0.2, -0.15) is 0 Å². The van der Waals surface area contributed by atoms with Crippen LogP contribution in [-0.2, 0) is 4.79 Å². The first kappa shape index (κ1) is 20.4. The van der Waals surface area contributed by atoms with Crippen LogP contribution in [0.3, 0.4) is 0 Å². The highest BCUT2D eigenvalue weighted by molar-refractivity contribution is 5.91. The number of ether oxygens (including phenoxy) is 2. The Kier molecular flexibility index (Phi) is 7.74. The van der Waals surface area contributed by atoms with Gasteiger partial charge in [0.15, 0.2) is 11.5 Å². The van der Waals surface area contributed by atoms with Crippen LogP contribution in [0.4, 0.5) is 5.69 Å². The molecule has 0 heterocycles. The average Bonchev–Trinajstić information content (AvgIpc) is 2.71. The van der Waals surface area contributed by atoms with E-state index in [0.29, 0.717) is 24.7 Å². The molecule has 2 aromatic carbocycles. The minimum absolute atomic E-state index is 0.128. The van der Waals surface area contributed by atoms with Crippen molar-refractivity contribution in [1.82, 2.24) is 5.32 Å². The third-order valence-corrected chi connectivity index (χ3v) is 4.31. The van der Waals surface area contributed by atoms with Crippen molar-refractivity contribution < 1.29 is 14.3 Å². The van der Waals surface area contributed by atoms with Crippen LogP contribution >= 0.6 is 0 Å². The van der Waals surface area contributed by atoms with Crippen molar-refractivity contribution in [2.75, 3.05) is 32.2 Å². The molecule has 1 N–H and O–H groups in total. The molecule has 1 amide bonds. The van der Waals surface area contributed by atoms with Gasteiger partial charge < -0.3 is 19.7 Å². The number of likely N-dealkylation sites (N-methyl/N-ethyl adjacent to an activating group) is 1. The van der Waals surface area contributed by atoms with Crippen LogP contribution in [0.25, 0.3) is 6.08 Å². The van der Waals surface area contributed by atoms with Crippen LogP contribution in [0.15, 0.2) is 54.6 Å². The molecule has 0 aliphatic heterocycles. The highest BCUT2D eigenvalue weighted by atomic mass is 16.5. The third-order valence-electron chi connectivity index (χ3n) is 4.31. The predicted octanol–water partition coefficient (Wildman–Crippen LogP) is 3.75. The molecule has 0 fully saturated rings. The van der Waals surface area contributed by atoms with Gasteiger partial charge in [0.2, 0.25) is 5.91 Å². The quantitative estimate of drug-likeness (QED) is 0.685. The monoisotopic (exact) mass is 368 g/mol. The van der Waals surface area contributed by atoms with E-state index in [9.17, 15) is 4.79 Å². The summed E-state index contributed by atoms with van der Waals surface area (Å²) >= 11 is 0. The van der Waals surface area contributed by atoms with Crippen LogP contribution in [0.1, 0.15) is 19.4 Å². The summed E-state index contributed by atoms with van der Waals surface area (Å²) in [5.74, 6) is 1.22. The van der Waals surface area contributed by atoms with Gasteiger partial charge in [-0.05, 0) is 49.8 Å². The topological polar surface area (TPSA) is 50.8 Å². The molecule has 2 rings (SSSR count). The van der Waals surface area contributed by atoms with Crippen LogP contribution in [-0.4, -0.2) is 39.3 Å². The van der Waals surface area contributed by atoms with Gasteiger partial charge in [-0.25, -0.2) is 0 Å². The number of carbonyl (C=O) groups excluding carboxylic acids is 1. The first-order valence-corrected chi connectivity index (χ1v) is 9.09. The van der Waals surface area contributed by atoms with Gasteiger partial charge in [-0.1, -0.05) is 24.3 Å². The Balaban J connectivity index is 1.90. The average molecular weight is 368 g/mol. The van der Waals surface area contributed by atoms with Crippen molar-refractivity contribution in [2.45, 2.75) is 19.9 Å². The summed E-state index contributed by atoms with van der Waals surface area (Å²) < 4.78 is 10.8. The van der Waals surface area contributed by atoms with Gasteiger partial charge >= 0.3 is 0 Å². The molecule has 0 spiro atoms. The third kappa shape index (κ3) is 6.06. The van der Waals surface area contributed by atoms with Gasteiger partial charge in [0.25, 0.3) is 0 Å². The lowest BCUT2D eigenvalue weighted by atomic mass is 10.2. The molecule has 2 aromatic rings. The standard InChI is InChI=1S/C22H28N2O3/c1-5-27-21-15-18(11-13-20(21)26-4)12-14-22(25)23-16-17(2)24(3)19-9-7-6-8-10-19/h6-15,17H,5,16H2,1-4H3,(H,23,25). The Hall–Kier alpha value is -2.95. The summed E-state index contributed by atoms with van der Waals surface area (Å²) in [4.78, 5) is 14.3. The van der Waals surface area contributed by atoms with Crippen LogP contribution in [0, 0.1) is 0 Å². The van der Waals surface area contributed by atoms with Crippen molar-refractivity contribution >= 4 is 17.7 Å². The highest BCUT2D eigenvalue weighted by Crippen LogP contribution is 2.28. The number of carbonyl (C=O) groups is 1. The Bertz CT molecular complexity index is 759. The Morgan fingerprint density at radius 1 is 1.19 bits per heavy atom. The number of amides is 1. The molecule has 0 saturated carbocycles. The molecule has 1 atom stereocenters. The number of hydrogen-bond acceptors (Lipinski definition) is 4. The number of hydrogen-bond donors (Lipinski definition) is 1. The zero-order valence-corrected chi connectivity index (χ0v) is 16.4. The second-order valence-electron chi connectivity index (χ2n) is 6.22. The minimum atomic E-state index is -0.128. The molecular formula is C22H28N2O3. The molecule has 0 radical (unpaired) electrons. The number of rotatable bonds is 9. The summed E-state index contributed by atoms with van der Waals surface area (Å²) in [6.45, 7) is 5.11. The van der Waals surface area contributed by atoms with Gasteiger partial charge in [0.1, 0.15) is 0 Å². The number of benzene rings is 2. The summed E-state index contributed by atoms with van der Waals surface area (Å²) in [5.41, 5.74) is 2.00. The zero-order chi connectivity index (χ0) is 19.6. The van der Waals surface area contributed by atoms with E-state index in [1.165, 1.54) is 6.08 Å². The summed E-state index contributed by atoms with van der Waals surface area (Å²) in [6, 6.07) is 15.9. The van der Waals surface area contributed by atoms with Gasteiger partial charge in [-0.3, -0.25) is 4.79 Å².